The van der Waals surface area contributed by atoms with Crippen molar-refractivity contribution >= 4 is 5.91 Å². The number of carbonyl (C=O) groups is 1. The van der Waals surface area contributed by atoms with Crippen LogP contribution in [0.4, 0.5) is 0 Å². The summed E-state index contributed by atoms with van der Waals surface area (Å²) >= 11 is 0. The number of methoxy groups -OCH3 is 2. The number of carbonyl (C=O) groups excluding carboxylic acids is 1. The molecule has 1 aromatic rings. The third-order valence-electron chi connectivity index (χ3n) is 2.99. The van der Waals surface area contributed by atoms with Gasteiger partial charge in [-0.2, -0.15) is 0 Å². The van der Waals surface area contributed by atoms with Crippen LogP contribution in [0.2, 0.25) is 0 Å². The molecular weight excluding hydrogens is 268 g/mol. The first-order valence-electron chi connectivity index (χ1n) is 6.71. The van der Waals surface area contributed by atoms with E-state index < -0.39 is 0 Å². The molecule has 1 amide bonds. The maximum absolute atomic E-state index is 12.1. The first-order valence-corrected chi connectivity index (χ1v) is 6.71. The van der Waals surface area contributed by atoms with E-state index in [1.807, 2.05) is 19.1 Å². The minimum atomic E-state index is -0.158. The predicted octanol–water partition coefficient (Wildman–Crippen LogP) is 0.696. The third kappa shape index (κ3) is 5.56. The Labute approximate surface area is 125 Å². The van der Waals surface area contributed by atoms with Gasteiger partial charge in [-0.25, -0.2) is 0 Å². The summed E-state index contributed by atoms with van der Waals surface area (Å²) in [7, 11) is 3.18. The van der Waals surface area contributed by atoms with Crippen LogP contribution >= 0.6 is 0 Å². The number of nitrogens with two attached hydrogens (primary N) is 1. The van der Waals surface area contributed by atoms with Gasteiger partial charge in [-0.3, -0.25) is 4.79 Å². The van der Waals surface area contributed by atoms with Crippen molar-refractivity contribution in [2.75, 3.05) is 33.9 Å². The largest absolute Gasteiger partial charge is 0.382 e. The van der Waals surface area contributed by atoms with Crippen LogP contribution in [0.1, 0.15) is 21.5 Å². The lowest BCUT2D eigenvalue weighted by atomic mass is 10.0. The molecule has 0 aromatic heterocycles. The highest BCUT2D eigenvalue weighted by atomic mass is 16.5. The van der Waals surface area contributed by atoms with Gasteiger partial charge >= 0.3 is 0 Å². The molecule has 1 aromatic carbocycles. The molecule has 0 aliphatic carbocycles. The van der Waals surface area contributed by atoms with Gasteiger partial charge in [0, 0.05) is 31.9 Å². The van der Waals surface area contributed by atoms with Crippen LogP contribution in [0.25, 0.3) is 0 Å². The van der Waals surface area contributed by atoms with E-state index >= 15 is 0 Å². The Hall–Kier alpha value is -1.87. The van der Waals surface area contributed by atoms with Gasteiger partial charge in [-0.05, 0) is 30.7 Å². The molecule has 3 N–H and O–H groups in total. The molecule has 1 unspecified atom stereocenters. The summed E-state index contributed by atoms with van der Waals surface area (Å²) in [5.74, 6) is 5.63. The second-order valence-electron chi connectivity index (χ2n) is 4.56. The number of aryl methyl sites for hydroxylation is 1. The van der Waals surface area contributed by atoms with E-state index in [0.717, 1.165) is 11.1 Å². The van der Waals surface area contributed by atoms with Crippen LogP contribution in [0.5, 0.6) is 0 Å². The van der Waals surface area contributed by atoms with Crippen molar-refractivity contribution in [1.29, 1.82) is 0 Å². The number of benzene rings is 1. The van der Waals surface area contributed by atoms with Gasteiger partial charge in [0.2, 0.25) is 0 Å². The Morgan fingerprint density at radius 2 is 2.19 bits per heavy atom. The Morgan fingerprint density at radius 3 is 2.76 bits per heavy atom. The van der Waals surface area contributed by atoms with Crippen molar-refractivity contribution in [1.82, 2.24) is 5.32 Å². The molecular formula is C16H22N2O3. The number of hydrogen-bond acceptors (Lipinski definition) is 4. The summed E-state index contributed by atoms with van der Waals surface area (Å²) in [6, 6.07) is 5.39. The van der Waals surface area contributed by atoms with Crippen molar-refractivity contribution in [3.05, 3.63) is 34.9 Å². The summed E-state index contributed by atoms with van der Waals surface area (Å²) in [5.41, 5.74) is 7.77. The van der Waals surface area contributed by atoms with Crippen LogP contribution in [-0.4, -0.2) is 45.9 Å². The average Bonchev–Trinajstić information content (AvgIpc) is 2.49. The van der Waals surface area contributed by atoms with Gasteiger partial charge in [-0.15, -0.1) is 0 Å². The lowest BCUT2D eigenvalue weighted by Crippen LogP contribution is -2.35. The highest BCUT2D eigenvalue weighted by molar-refractivity contribution is 5.94. The molecule has 0 heterocycles. The summed E-state index contributed by atoms with van der Waals surface area (Å²) in [4.78, 5) is 12.1. The fourth-order valence-corrected chi connectivity index (χ4v) is 1.80. The van der Waals surface area contributed by atoms with Crippen LogP contribution in [0, 0.1) is 18.8 Å². The van der Waals surface area contributed by atoms with Gasteiger partial charge in [0.05, 0.1) is 19.3 Å². The number of nitrogens with one attached hydrogen (secondary N) is 1. The fraction of sp³-hybridized carbons (Fsp3) is 0.438. The molecule has 1 atom stereocenters. The zero-order valence-corrected chi connectivity index (χ0v) is 12.7. The van der Waals surface area contributed by atoms with E-state index in [1.165, 1.54) is 0 Å². The van der Waals surface area contributed by atoms with Crippen molar-refractivity contribution in [3.63, 3.8) is 0 Å². The molecule has 5 nitrogen and oxygen atoms in total. The van der Waals surface area contributed by atoms with Gasteiger partial charge in [0.15, 0.2) is 0 Å². The fourth-order valence-electron chi connectivity index (χ4n) is 1.80. The number of amides is 1. The Kier molecular flexibility index (Phi) is 7.48. The molecule has 0 aliphatic rings. The van der Waals surface area contributed by atoms with Gasteiger partial charge in [-0.1, -0.05) is 11.8 Å². The Bertz CT molecular complexity index is 532. The first-order chi connectivity index (χ1) is 10.1. The molecule has 0 aliphatic heterocycles. The molecule has 0 saturated heterocycles. The van der Waals surface area contributed by atoms with Crippen LogP contribution < -0.4 is 11.1 Å². The van der Waals surface area contributed by atoms with Crippen LogP contribution in [-0.2, 0) is 9.47 Å². The second-order valence-corrected chi connectivity index (χ2v) is 4.56. The van der Waals surface area contributed by atoms with Gasteiger partial charge < -0.3 is 20.5 Å². The maximum atomic E-state index is 12.1. The zero-order chi connectivity index (χ0) is 15.7. The summed E-state index contributed by atoms with van der Waals surface area (Å²) in [6.07, 6.45) is -0.158. The SMILES string of the molecule is COCC(CNC(=O)c1ccc(C#CCN)c(C)c1)OC. The zero-order valence-electron chi connectivity index (χ0n) is 12.7. The van der Waals surface area contributed by atoms with E-state index in [2.05, 4.69) is 17.2 Å². The minimum absolute atomic E-state index is 0.144. The molecule has 0 fully saturated rings. The topological polar surface area (TPSA) is 73.6 Å². The van der Waals surface area contributed by atoms with Crippen molar-refractivity contribution < 1.29 is 14.3 Å². The molecule has 1 rings (SSSR count). The van der Waals surface area contributed by atoms with E-state index in [4.69, 9.17) is 15.2 Å². The van der Waals surface area contributed by atoms with Crippen molar-refractivity contribution in [2.24, 2.45) is 5.73 Å². The van der Waals surface area contributed by atoms with E-state index in [-0.39, 0.29) is 12.0 Å². The van der Waals surface area contributed by atoms with Gasteiger partial charge in [0.25, 0.3) is 5.91 Å². The van der Waals surface area contributed by atoms with Crippen molar-refractivity contribution in [2.45, 2.75) is 13.0 Å². The Balaban J connectivity index is 2.68. The smallest absolute Gasteiger partial charge is 0.251 e. The normalized spacial score (nSPS) is 11.4. The highest BCUT2D eigenvalue weighted by Gasteiger charge is 2.11. The van der Waals surface area contributed by atoms with E-state index in [1.54, 1.807) is 20.3 Å². The molecule has 21 heavy (non-hydrogen) atoms. The van der Waals surface area contributed by atoms with Crippen molar-refractivity contribution in [3.8, 4) is 11.8 Å². The predicted molar refractivity (Wildman–Crippen MR) is 82.1 cm³/mol. The molecule has 5 heteroatoms. The molecule has 0 radical (unpaired) electrons. The lowest BCUT2D eigenvalue weighted by molar-refractivity contribution is 0.0285. The Morgan fingerprint density at radius 1 is 1.43 bits per heavy atom. The number of ether oxygens (including phenoxy) is 2. The quantitative estimate of drug-likeness (QED) is 0.756. The molecule has 0 saturated carbocycles. The standard InChI is InChI=1S/C16H22N2O3/c1-12-9-14(7-6-13(12)5-4-8-17)16(19)18-10-15(21-3)11-20-2/h6-7,9,15H,8,10-11,17H2,1-3H3,(H,18,19). The monoisotopic (exact) mass is 290 g/mol. The van der Waals surface area contributed by atoms with E-state index in [0.29, 0.717) is 25.3 Å². The lowest BCUT2D eigenvalue weighted by Gasteiger charge is -2.15. The number of hydrogen-bond donors (Lipinski definition) is 2. The van der Waals surface area contributed by atoms with E-state index in [9.17, 15) is 4.79 Å². The summed E-state index contributed by atoms with van der Waals surface area (Å²) in [5, 5.41) is 2.82. The average molecular weight is 290 g/mol. The molecule has 114 valence electrons. The third-order valence-corrected chi connectivity index (χ3v) is 2.99. The highest BCUT2D eigenvalue weighted by Crippen LogP contribution is 2.10. The maximum Gasteiger partial charge on any atom is 0.251 e. The van der Waals surface area contributed by atoms with Crippen LogP contribution in [0.3, 0.4) is 0 Å². The molecule has 0 bridgehead atoms. The number of rotatable bonds is 6. The summed E-state index contributed by atoms with van der Waals surface area (Å²) in [6.45, 7) is 3.07. The van der Waals surface area contributed by atoms with Gasteiger partial charge in [0.1, 0.15) is 0 Å². The molecule has 0 spiro atoms. The summed E-state index contributed by atoms with van der Waals surface area (Å²) < 4.78 is 10.2. The minimum Gasteiger partial charge on any atom is -0.382 e. The second kappa shape index (κ2) is 9.14. The van der Waals surface area contributed by atoms with Crippen LogP contribution in [0.15, 0.2) is 18.2 Å². The first kappa shape index (κ1) is 17.2.